The Bertz CT molecular complexity index is 695. The minimum atomic E-state index is -0.980. The van der Waals surface area contributed by atoms with Gasteiger partial charge in [0.05, 0.1) is 7.11 Å². The zero-order valence-electron chi connectivity index (χ0n) is 16.2. The van der Waals surface area contributed by atoms with Gasteiger partial charge in [0.25, 0.3) is 0 Å². The second-order valence-electron chi connectivity index (χ2n) is 6.82. The third kappa shape index (κ3) is 4.47. The summed E-state index contributed by atoms with van der Waals surface area (Å²) >= 11 is 0. The number of rotatable bonds is 8. The van der Waals surface area contributed by atoms with E-state index in [1.54, 1.807) is 25.1 Å². The number of carboxylic acids is 1. The number of para-hydroxylation sites is 1. The number of carboxylic acid groups (broad SMARTS) is 1. The SMILES string of the molecule is CCC(=O)c1ccccc1NC1(C(=O)OC)CCN(C(CC)C(=O)O)CC1. The van der Waals surface area contributed by atoms with E-state index in [-0.39, 0.29) is 5.78 Å². The molecule has 1 aliphatic heterocycles. The molecule has 148 valence electrons. The van der Waals surface area contributed by atoms with E-state index in [1.165, 1.54) is 7.11 Å². The van der Waals surface area contributed by atoms with Crippen molar-refractivity contribution in [3.63, 3.8) is 0 Å². The first-order chi connectivity index (χ1) is 12.9. The Morgan fingerprint density at radius 3 is 2.37 bits per heavy atom. The third-order valence-corrected chi connectivity index (χ3v) is 5.26. The highest BCUT2D eigenvalue weighted by Crippen LogP contribution is 2.31. The van der Waals surface area contributed by atoms with Crippen LogP contribution in [0.5, 0.6) is 0 Å². The van der Waals surface area contributed by atoms with Crippen LogP contribution < -0.4 is 5.32 Å². The molecule has 2 rings (SSSR count). The van der Waals surface area contributed by atoms with Gasteiger partial charge in [0.2, 0.25) is 0 Å². The number of benzene rings is 1. The molecule has 0 radical (unpaired) electrons. The van der Waals surface area contributed by atoms with Crippen LogP contribution in [0.4, 0.5) is 5.69 Å². The highest BCUT2D eigenvalue weighted by atomic mass is 16.5. The van der Waals surface area contributed by atoms with E-state index in [2.05, 4.69) is 5.32 Å². The van der Waals surface area contributed by atoms with Crippen molar-refractivity contribution in [3.05, 3.63) is 29.8 Å². The first kappa shape index (κ1) is 20.9. The van der Waals surface area contributed by atoms with Gasteiger partial charge in [-0.2, -0.15) is 0 Å². The molecule has 1 aromatic carbocycles. The Labute approximate surface area is 159 Å². The number of ether oxygens (including phenoxy) is 1. The van der Waals surface area contributed by atoms with Crippen molar-refractivity contribution in [2.45, 2.75) is 51.1 Å². The molecule has 7 nitrogen and oxygen atoms in total. The summed E-state index contributed by atoms with van der Waals surface area (Å²) in [6, 6.07) is 6.57. The maximum absolute atomic E-state index is 12.6. The van der Waals surface area contributed by atoms with Crippen LogP contribution in [0.15, 0.2) is 24.3 Å². The van der Waals surface area contributed by atoms with Gasteiger partial charge in [0.1, 0.15) is 11.6 Å². The zero-order valence-corrected chi connectivity index (χ0v) is 16.2. The standard InChI is InChI=1S/C20H28N2O5/c1-4-16(18(24)25)22-12-10-20(11-13-22,19(26)27-3)21-15-9-7-6-8-14(15)17(23)5-2/h6-9,16,21H,4-5,10-13H2,1-3H3,(H,24,25). The van der Waals surface area contributed by atoms with Crippen molar-refractivity contribution in [2.75, 3.05) is 25.5 Å². The molecule has 1 heterocycles. The van der Waals surface area contributed by atoms with E-state index >= 15 is 0 Å². The number of likely N-dealkylation sites (tertiary alicyclic amines) is 1. The molecule has 1 fully saturated rings. The van der Waals surface area contributed by atoms with Crippen LogP contribution in [0.1, 0.15) is 49.9 Å². The van der Waals surface area contributed by atoms with Crippen LogP contribution in [0.3, 0.4) is 0 Å². The average Bonchev–Trinajstić information content (AvgIpc) is 2.68. The second kappa shape index (κ2) is 8.99. The predicted octanol–water partition coefficient (Wildman–Crippen LogP) is 2.56. The molecule has 1 aliphatic rings. The van der Waals surface area contributed by atoms with Gasteiger partial charge in [-0.15, -0.1) is 0 Å². The van der Waals surface area contributed by atoms with Gasteiger partial charge in [0.15, 0.2) is 5.78 Å². The molecule has 0 bridgehead atoms. The molecule has 0 aliphatic carbocycles. The summed E-state index contributed by atoms with van der Waals surface area (Å²) in [5, 5.41) is 12.7. The van der Waals surface area contributed by atoms with Gasteiger partial charge >= 0.3 is 11.9 Å². The van der Waals surface area contributed by atoms with Crippen LogP contribution in [0.2, 0.25) is 0 Å². The molecule has 1 atom stereocenters. The minimum Gasteiger partial charge on any atom is -0.480 e. The lowest BCUT2D eigenvalue weighted by Crippen LogP contribution is -2.57. The maximum atomic E-state index is 12.6. The number of methoxy groups -OCH3 is 1. The highest BCUT2D eigenvalue weighted by Gasteiger charge is 2.44. The van der Waals surface area contributed by atoms with Crippen LogP contribution in [-0.2, 0) is 14.3 Å². The maximum Gasteiger partial charge on any atom is 0.331 e. The van der Waals surface area contributed by atoms with Crippen LogP contribution >= 0.6 is 0 Å². The van der Waals surface area contributed by atoms with Crippen molar-refractivity contribution >= 4 is 23.4 Å². The number of nitrogens with zero attached hydrogens (tertiary/aromatic N) is 1. The van der Waals surface area contributed by atoms with Crippen LogP contribution in [0, 0.1) is 0 Å². The number of carbonyl (C=O) groups excluding carboxylic acids is 2. The topological polar surface area (TPSA) is 95.9 Å². The fourth-order valence-electron chi connectivity index (χ4n) is 3.67. The summed E-state index contributed by atoms with van der Waals surface area (Å²) in [5.41, 5.74) is 0.169. The highest BCUT2D eigenvalue weighted by molar-refractivity contribution is 6.01. The van der Waals surface area contributed by atoms with Gasteiger partial charge in [-0.3, -0.25) is 14.5 Å². The van der Waals surface area contributed by atoms with Crippen molar-refractivity contribution in [3.8, 4) is 0 Å². The lowest BCUT2D eigenvalue weighted by atomic mass is 9.85. The summed E-state index contributed by atoms with van der Waals surface area (Å²) in [6.07, 6.45) is 1.67. The van der Waals surface area contributed by atoms with E-state index < -0.39 is 23.5 Å². The van der Waals surface area contributed by atoms with Crippen LogP contribution in [-0.4, -0.2) is 59.5 Å². The number of esters is 1. The first-order valence-electron chi connectivity index (χ1n) is 9.34. The molecule has 7 heteroatoms. The fraction of sp³-hybridized carbons (Fsp3) is 0.550. The minimum absolute atomic E-state index is 0.00697. The number of hydrogen-bond acceptors (Lipinski definition) is 6. The third-order valence-electron chi connectivity index (χ3n) is 5.26. The average molecular weight is 376 g/mol. The number of aliphatic carboxylic acids is 1. The molecule has 0 aromatic heterocycles. The lowest BCUT2D eigenvalue weighted by Gasteiger charge is -2.42. The number of hydrogen-bond donors (Lipinski definition) is 2. The van der Waals surface area contributed by atoms with Crippen molar-refractivity contribution in [1.29, 1.82) is 0 Å². The largest absolute Gasteiger partial charge is 0.480 e. The first-order valence-corrected chi connectivity index (χ1v) is 9.34. The Kier molecular flexibility index (Phi) is 6.96. The Hall–Kier alpha value is -2.41. The molecular weight excluding hydrogens is 348 g/mol. The van der Waals surface area contributed by atoms with Crippen molar-refractivity contribution in [1.82, 2.24) is 4.90 Å². The Morgan fingerprint density at radius 2 is 1.85 bits per heavy atom. The van der Waals surface area contributed by atoms with E-state index in [4.69, 9.17) is 4.74 Å². The van der Waals surface area contributed by atoms with E-state index in [1.807, 2.05) is 17.9 Å². The number of nitrogens with one attached hydrogen (secondary N) is 1. The number of Topliss-reactive ketones (excluding diaryl/α,β-unsaturated/α-hetero) is 1. The normalized spacial score (nSPS) is 17.7. The number of ketones is 1. The summed E-state index contributed by atoms with van der Waals surface area (Å²) < 4.78 is 5.04. The monoisotopic (exact) mass is 376 g/mol. The van der Waals surface area contributed by atoms with Crippen molar-refractivity contribution in [2.24, 2.45) is 0 Å². The van der Waals surface area contributed by atoms with E-state index in [9.17, 15) is 19.5 Å². The van der Waals surface area contributed by atoms with Gasteiger partial charge in [-0.25, -0.2) is 4.79 Å². The molecule has 1 saturated heterocycles. The second-order valence-corrected chi connectivity index (χ2v) is 6.82. The summed E-state index contributed by atoms with van der Waals surface area (Å²) in [4.78, 5) is 38.2. The summed E-state index contributed by atoms with van der Waals surface area (Å²) in [7, 11) is 1.34. The number of piperidine rings is 1. The Morgan fingerprint density at radius 1 is 1.22 bits per heavy atom. The van der Waals surface area contributed by atoms with Crippen molar-refractivity contribution < 1.29 is 24.2 Å². The fourth-order valence-corrected chi connectivity index (χ4v) is 3.67. The zero-order chi connectivity index (χ0) is 20.0. The number of carbonyl (C=O) groups is 3. The summed E-state index contributed by atoms with van der Waals surface area (Å²) in [6.45, 7) is 4.55. The van der Waals surface area contributed by atoms with Gasteiger partial charge in [-0.05, 0) is 31.4 Å². The summed E-state index contributed by atoms with van der Waals surface area (Å²) in [5.74, 6) is -1.26. The molecule has 0 spiro atoms. The van der Waals surface area contributed by atoms with E-state index in [0.29, 0.717) is 50.0 Å². The van der Waals surface area contributed by atoms with E-state index in [0.717, 1.165) is 0 Å². The molecule has 27 heavy (non-hydrogen) atoms. The lowest BCUT2D eigenvalue weighted by molar-refractivity contribution is -0.149. The van der Waals surface area contributed by atoms with Crippen LogP contribution in [0.25, 0.3) is 0 Å². The van der Waals surface area contributed by atoms with Gasteiger partial charge < -0.3 is 15.2 Å². The van der Waals surface area contributed by atoms with Gasteiger partial charge in [-0.1, -0.05) is 26.0 Å². The Balaban J connectivity index is 2.27. The smallest absolute Gasteiger partial charge is 0.331 e. The molecular formula is C20H28N2O5. The molecule has 2 N–H and O–H groups in total. The number of anilines is 1. The molecule has 1 aromatic rings. The predicted molar refractivity (Wildman–Crippen MR) is 102 cm³/mol. The molecule has 1 unspecified atom stereocenters. The van der Waals surface area contributed by atoms with Gasteiger partial charge in [0, 0.05) is 30.8 Å². The molecule has 0 amide bonds. The quantitative estimate of drug-likeness (QED) is 0.532. The molecule has 0 saturated carbocycles.